The number of sulfonamides is 1. The van der Waals surface area contributed by atoms with E-state index in [4.69, 9.17) is 17.3 Å². The van der Waals surface area contributed by atoms with Gasteiger partial charge in [-0.25, -0.2) is 18.1 Å². The summed E-state index contributed by atoms with van der Waals surface area (Å²) in [6.45, 7) is 4.31. The molecular formula is C16H20ClN3O2S. The number of aryl methyl sites for hydroxylation is 1. The highest BCUT2D eigenvalue weighted by Gasteiger charge is 2.27. The normalized spacial score (nSPS) is 17.9. The molecule has 7 heteroatoms. The van der Waals surface area contributed by atoms with Gasteiger partial charge in [0, 0.05) is 29.6 Å². The highest BCUT2D eigenvalue weighted by Crippen LogP contribution is 2.39. The molecule has 124 valence electrons. The van der Waals surface area contributed by atoms with Gasteiger partial charge in [-0.05, 0) is 42.0 Å². The van der Waals surface area contributed by atoms with E-state index in [-0.39, 0.29) is 22.0 Å². The topological polar surface area (TPSA) is 85.1 Å². The third-order valence-electron chi connectivity index (χ3n) is 4.14. The molecule has 5 nitrogen and oxygen atoms in total. The van der Waals surface area contributed by atoms with E-state index >= 15 is 0 Å². The SMILES string of the molecule is CC(C)CNS(=O)(=O)c1cc2c(c3cnc(Cl)cc13)C(N)CC2. The number of hydrogen-bond acceptors (Lipinski definition) is 4. The number of hydrogen-bond donors (Lipinski definition) is 2. The molecule has 0 radical (unpaired) electrons. The molecule has 1 atom stereocenters. The summed E-state index contributed by atoms with van der Waals surface area (Å²) in [5.41, 5.74) is 8.16. The average molecular weight is 354 g/mol. The van der Waals surface area contributed by atoms with Gasteiger partial charge in [0.1, 0.15) is 5.15 Å². The lowest BCUT2D eigenvalue weighted by Gasteiger charge is -2.15. The van der Waals surface area contributed by atoms with Gasteiger partial charge in [-0.2, -0.15) is 0 Å². The van der Waals surface area contributed by atoms with E-state index in [9.17, 15) is 8.42 Å². The molecule has 0 fully saturated rings. The summed E-state index contributed by atoms with van der Waals surface area (Å²) >= 11 is 6.00. The van der Waals surface area contributed by atoms with Crippen molar-refractivity contribution < 1.29 is 8.42 Å². The highest BCUT2D eigenvalue weighted by molar-refractivity contribution is 7.89. The molecular weight excluding hydrogens is 334 g/mol. The second-order valence-electron chi connectivity index (χ2n) is 6.39. The first-order chi connectivity index (χ1) is 10.8. The zero-order valence-corrected chi connectivity index (χ0v) is 14.7. The second kappa shape index (κ2) is 6.02. The molecule has 2 aromatic rings. The van der Waals surface area contributed by atoms with Gasteiger partial charge < -0.3 is 5.73 Å². The van der Waals surface area contributed by atoms with Crippen LogP contribution in [-0.4, -0.2) is 19.9 Å². The van der Waals surface area contributed by atoms with Crippen LogP contribution >= 0.6 is 11.6 Å². The third-order valence-corrected chi connectivity index (χ3v) is 5.81. The Morgan fingerprint density at radius 1 is 1.39 bits per heavy atom. The van der Waals surface area contributed by atoms with E-state index in [2.05, 4.69) is 9.71 Å². The van der Waals surface area contributed by atoms with Gasteiger partial charge >= 0.3 is 0 Å². The van der Waals surface area contributed by atoms with Crippen LogP contribution < -0.4 is 10.5 Å². The molecule has 1 unspecified atom stereocenters. The zero-order valence-electron chi connectivity index (χ0n) is 13.1. The van der Waals surface area contributed by atoms with Crippen molar-refractivity contribution in [2.45, 2.75) is 37.6 Å². The lowest BCUT2D eigenvalue weighted by Crippen LogP contribution is -2.28. The Morgan fingerprint density at radius 2 is 2.13 bits per heavy atom. The molecule has 0 aliphatic heterocycles. The Kier molecular flexibility index (Phi) is 4.35. The maximum Gasteiger partial charge on any atom is 0.241 e. The summed E-state index contributed by atoms with van der Waals surface area (Å²) in [6.07, 6.45) is 3.22. The third kappa shape index (κ3) is 3.08. The van der Waals surface area contributed by atoms with Crippen LogP contribution in [-0.2, 0) is 16.4 Å². The first-order valence-corrected chi connectivity index (χ1v) is 9.52. The van der Waals surface area contributed by atoms with Crippen LogP contribution in [0.3, 0.4) is 0 Å². The molecule has 0 spiro atoms. The van der Waals surface area contributed by atoms with E-state index in [0.717, 1.165) is 29.4 Å². The predicted octanol–water partition coefficient (Wildman–Crippen LogP) is 2.77. The van der Waals surface area contributed by atoms with Crippen molar-refractivity contribution >= 4 is 32.4 Å². The van der Waals surface area contributed by atoms with E-state index in [1.54, 1.807) is 18.3 Å². The van der Waals surface area contributed by atoms with Gasteiger partial charge in [0.2, 0.25) is 10.0 Å². The van der Waals surface area contributed by atoms with Crippen LogP contribution in [0.25, 0.3) is 10.8 Å². The summed E-state index contributed by atoms with van der Waals surface area (Å²) < 4.78 is 28.1. The molecule has 1 heterocycles. The van der Waals surface area contributed by atoms with Crippen molar-refractivity contribution in [3.05, 3.63) is 34.6 Å². The van der Waals surface area contributed by atoms with Crippen molar-refractivity contribution in [3.8, 4) is 0 Å². The molecule has 3 N–H and O–H groups in total. The van der Waals surface area contributed by atoms with Gasteiger partial charge in [-0.3, -0.25) is 0 Å². The van der Waals surface area contributed by atoms with Gasteiger partial charge in [-0.1, -0.05) is 25.4 Å². The largest absolute Gasteiger partial charge is 0.324 e. The number of aromatic nitrogens is 1. The van der Waals surface area contributed by atoms with Crippen LogP contribution in [0, 0.1) is 5.92 Å². The summed E-state index contributed by atoms with van der Waals surface area (Å²) in [5, 5.41) is 1.63. The molecule has 0 saturated carbocycles. The fourth-order valence-corrected chi connectivity index (χ4v) is 4.63. The Morgan fingerprint density at radius 3 is 2.83 bits per heavy atom. The number of benzene rings is 1. The van der Waals surface area contributed by atoms with Crippen LogP contribution in [0.5, 0.6) is 0 Å². The Balaban J connectivity index is 2.24. The summed E-state index contributed by atoms with van der Waals surface area (Å²) in [4.78, 5) is 4.37. The minimum absolute atomic E-state index is 0.0872. The number of fused-ring (bicyclic) bond motifs is 3. The lowest BCUT2D eigenvalue weighted by molar-refractivity contribution is 0.561. The van der Waals surface area contributed by atoms with Crippen molar-refractivity contribution in [1.29, 1.82) is 0 Å². The van der Waals surface area contributed by atoms with Crippen LogP contribution in [0.15, 0.2) is 23.2 Å². The molecule has 1 aromatic carbocycles. The van der Waals surface area contributed by atoms with Crippen molar-refractivity contribution in [2.75, 3.05) is 6.54 Å². The minimum Gasteiger partial charge on any atom is -0.324 e. The number of pyridine rings is 1. The van der Waals surface area contributed by atoms with Crippen molar-refractivity contribution in [1.82, 2.24) is 9.71 Å². The summed E-state index contributed by atoms with van der Waals surface area (Å²) in [5.74, 6) is 0.226. The maximum absolute atomic E-state index is 12.7. The molecule has 1 aliphatic rings. The Bertz CT molecular complexity index is 865. The highest BCUT2D eigenvalue weighted by atomic mass is 35.5. The Labute approximate surface area is 141 Å². The van der Waals surface area contributed by atoms with Gasteiger partial charge in [0.15, 0.2) is 0 Å². The van der Waals surface area contributed by atoms with Gasteiger partial charge in [-0.15, -0.1) is 0 Å². The molecule has 1 aliphatic carbocycles. The fourth-order valence-electron chi connectivity index (χ4n) is 3.01. The number of halogens is 1. The van der Waals surface area contributed by atoms with Crippen LogP contribution in [0.2, 0.25) is 5.15 Å². The van der Waals surface area contributed by atoms with Crippen molar-refractivity contribution in [2.24, 2.45) is 11.7 Å². The number of nitrogens with two attached hydrogens (primary N) is 1. The fraction of sp³-hybridized carbons (Fsp3) is 0.438. The van der Waals surface area contributed by atoms with E-state index in [0.29, 0.717) is 11.9 Å². The summed E-state index contributed by atoms with van der Waals surface area (Å²) in [6, 6.07) is 3.26. The van der Waals surface area contributed by atoms with Gasteiger partial charge in [0.05, 0.1) is 4.90 Å². The molecule has 1 aromatic heterocycles. The first-order valence-electron chi connectivity index (χ1n) is 7.66. The molecule has 0 amide bonds. The number of rotatable bonds is 4. The Hall–Kier alpha value is -1.21. The molecule has 23 heavy (non-hydrogen) atoms. The molecule has 3 rings (SSSR count). The average Bonchev–Trinajstić information content (AvgIpc) is 2.86. The monoisotopic (exact) mass is 353 g/mol. The van der Waals surface area contributed by atoms with Crippen LogP contribution in [0.4, 0.5) is 0 Å². The predicted molar refractivity (Wildman–Crippen MR) is 92.0 cm³/mol. The lowest BCUT2D eigenvalue weighted by atomic mass is 10.0. The van der Waals surface area contributed by atoms with Gasteiger partial charge in [0.25, 0.3) is 0 Å². The standard InChI is InChI=1S/C16H20ClN3O2S/c1-9(2)7-20-23(21,22)14-5-10-3-4-13(18)16(10)12-8-19-15(17)6-11(12)14/h5-6,8-9,13,20H,3-4,7,18H2,1-2H3. The van der Waals surface area contributed by atoms with E-state index < -0.39 is 10.0 Å². The minimum atomic E-state index is -3.61. The summed E-state index contributed by atoms with van der Waals surface area (Å²) in [7, 11) is -3.61. The number of nitrogens with one attached hydrogen (secondary N) is 1. The smallest absolute Gasteiger partial charge is 0.241 e. The zero-order chi connectivity index (χ0) is 16.8. The van der Waals surface area contributed by atoms with E-state index in [1.807, 2.05) is 13.8 Å². The maximum atomic E-state index is 12.7. The second-order valence-corrected chi connectivity index (χ2v) is 8.51. The number of nitrogens with zero attached hydrogens (tertiary/aromatic N) is 1. The molecule has 0 bridgehead atoms. The van der Waals surface area contributed by atoms with Crippen LogP contribution in [0.1, 0.15) is 37.4 Å². The first kappa shape index (κ1) is 16.6. The molecule has 0 saturated heterocycles. The quantitative estimate of drug-likeness (QED) is 0.827. The van der Waals surface area contributed by atoms with Crippen molar-refractivity contribution in [3.63, 3.8) is 0 Å². The van der Waals surface area contributed by atoms with E-state index in [1.165, 1.54) is 0 Å².